The highest BCUT2D eigenvalue weighted by Gasteiger charge is 2.41. The Labute approximate surface area is 161 Å². The van der Waals surface area contributed by atoms with Crippen LogP contribution in [0.2, 0.25) is 0 Å². The van der Waals surface area contributed by atoms with E-state index in [2.05, 4.69) is 13.0 Å². The van der Waals surface area contributed by atoms with Gasteiger partial charge in [0.25, 0.3) is 0 Å². The number of nitrogens with zero attached hydrogens (tertiary/aromatic N) is 2. The van der Waals surface area contributed by atoms with E-state index in [1.165, 1.54) is 30.4 Å². The van der Waals surface area contributed by atoms with Crippen LogP contribution in [0.4, 0.5) is 0 Å². The molecule has 3 aliphatic rings. The molecule has 1 aromatic rings. The van der Waals surface area contributed by atoms with Crippen molar-refractivity contribution in [2.75, 3.05) is 20.2 Å². The second-order valence-electron chi connectivity index (χ2n) is 8.26. The van der Waals surface area contributed by atoms with Crippen molar-refractivity contribution in [1.82, 2.24) is 9.80 Å². The van der Waals surface area contributed by atoms with E-state index in [-0.39, 0.29) is 23.8 Å². The average Bonchev–Trinajstić information content (AvgIpc) is 3.10. The summed E-state index contributed by atoms with van der Waals surface area (Å²) >= 11 is 0. The SMILES string of the molecule is COc1ccc2c(c1)C(C)N(C(=O)C1CC(=O)N(C3CCCCC3)C1)CC2. The monoisotopic (exact) mass is 370 g/mol. The first-order chi connectivity index (χ1) is 13.1. The number of benzene rings is 1. The third-order valence-corrected chi connectivity index (χ3v) is 6.70. The van der Waals surface area contributed by atoms with Crippen molar-refractivity contribution in [2.45, 2.75) is 64.0 Å². The van der Waals surface area contributed by atoms with Gasteiger partial charge in [0.1, 0.15) is 5.75 Å². The number of rotatable bonds is 3. The number of likely N-dealkylation sites (tertiary alicyclic amines) is 1. The maximum absolute atomic E-state index is 13.3. The zero-order valence-electron chi connectivity index (χ0n) is 16.4. The highest BCUT2D eigenvalue weighted by atomic mass is 16.5. The molecule has 2 atom stereocenters. The van der Waals surface area contributed by atoms with E-state index in [1.807, 2.05) is 21.9 Å². The highest BCUT2D eigenvalue weighted by molar-refractivity contribution is 5.89. The predicted molar refractivity (Wildman–Crippen MR) is 104 cm³/mol. The molecule has 5 nitrogen and oxygen atoms in total. The van der Waals surface area contributed by atoms with Crippen LogP contribution in [0.15, 0.2) is 18.2 Å². The quantitative estimate of drug-likeness (QED) is 0.820. The van der Waals surface area contributed by atoms with Gasteiger partial charge < -0.3 is 14.5 Å². The fourth-order valence-electron chi connectivity index (χ4n) is 5.10. The number of carbonyl (C=O) groups is 2. The summed E-state index contributed by atoms with van der Waals surface area (Å²) in [4.78, 5) is 29.8. The summed E-state index contributed by atoms with van der Waals surface area (Å²) in [6.45, 7) is 3.43. The number of amides is 2. The van der Waals surface area contributed by atoms with Gasteiger partial charge in [-0.05, 0) is 49.4 Å². The number of fused-ring (bicyclic) bond motifs is 1. The van der Waals surface area contributed by atoms with E-state index >= 15 is 0 Å². The first-order valence-electron chi connectivity index (χ1n) is 10.3. The average molecular weight is 370 g/mol. The van der Waals surface area contributed by atoms with Gasteiger partial charge in [-0.2, -0.15) is 0 Å². The standard InChI is InChI=1S/C22H30N2O3/c1-15-20-13-19(27-2)9-8-16(20)10-11-23(15)22(26)17-12-21(25)24(14-17)18-6-4-3-5-7-18/h8-9,13,15,17-18H,3-7,10-12,14H2,1-2H3. The maximum atomic E-state index is 13.3. The molecular formula is C22H30N2O3. The number of hydrogen-bond acceptors (Lipinski definition) is 3. The van der Waals surface area contributed by atoms with Crippen molar-refractivity contribution in [1.29, 1.82) is 0 Å². The molecule has 2 amide bonds. The van der Waals surface area contributed by atoms with Crippen LogP contribution >= 0.6 is 0 Å². The Morgan fingerprint density at radius 2 is 1.96 bits per heavy atom. The Hall–Kier alpha value is -2.04. The maximum Gasteiger partial charge on any atom is 0.228 e. The molecule has 146 valence electrons. The molecule has 1 saturated heterocycles. The smallest absolute Gasteiger partial charge is 0.228 e. The molecule has 4 rings (SSSR count). The molecule has 2 heterocycles. The lowest BCUT2D eigenvalue weighted by Crippen LogP contribution is -2.43. The van der Waals surface area contributed by atoms with Gasteiger partial charge in [0.2, 0.25) is 11.8 Å². The minimum absolute atomic E-state index is 0.0233. The second-order valence-corrected chi connectivity index (χ2v) is 8.26. The zero-order valence-corrected chi connectivity index (χ0v) is 16.4. The molecule has 0 spiro atoms. The van der Waals surface area contributed by atoms with Gasteiger partial charge in [0, 0.05) is 25.6 Å². The Morgan fingerprint density at radius 1 is 1.19 bits per heavy atom. The van der Waals surface area contributed by atoms with E-state index in [1.54, 1.807) is 7.11 Å². The molecule has 2 fully saturated rings. The van der Waals surface area contributed by atoms with Gasteiger partial charge in [-0.25, -0.2) is 0 Å². The van der Waals surface area contributed by atoms with Gasteiger partial charge in [0.15, 0.2) is 0 Å². The van der Waals surface area contributed by atoms with Crippen LogP contribution in [0.3, 0.4) is 0 Å². The summed E-state index contributed by atoms with van der Waals surface area (Å²) < 4.78 is 5.36. The van der Waals surface area contributed by atoms with Crippen molar-refractivity contribution in [3.8, 4) is 5.75 Å². The van der Waals surface area contributed by atoms with Gasteiger partial charge in [-0.15, -0.1) is 0 Å². The molecule has 2 aliphatic heterocycles. The summed E-state index contributed by atoms with van der Waals surface area (Å²) in [5.41, 5.74) is 2.46. The molecule has 27 heavy (non-hydrogen) atoms. The lowest BCUT2D eigenvalue weighted by molar-refractivity contribution is -0.138. The molecule has 0 aromatic heterocycles. The minimum Gasteiger partial charge on any atom is -0.497 e. The van der Waals surface area contributed by atoms with Gasteiger partial charge in [-0.3, -0.25) is 9.59 Å². The molecule has 0 bridgehead atoms. The predicted octanol–water partition coefficient (Wildman–Crippen LogP) is 3.32. The van der Waals surface area contributed by atoms with Gasteiger partial charge in [-0.1, -0.05) is 25.3 Å². The van der Waals surface area contributed by atoms with E-state index in [4.69, 9.17) is 4.74 Å². The minimum atomic E-state index is -0.186. The van der Waals surface area contributed by atoms with Crippen molar-refractivity contribution in [3.05, 3.63) is 29.3 Å². The summed E-state index contributed by atoms with van der Waals surface area (Å²) in [5, 5.41) is 0. The molecule has 1 aromatic carbocycles. The summed E-state index contributed by atoms with van der Waals surface area (Å²) in [7, 11) is 1.67. The Kier molecular flexibility index (Phi) is 5.11. The molecule has 0 N–H and O–H groups in total. The van der Waals surface area contributed by atoms with Crippen LogP contribution < -0.4 is 4.74 Å². The zero-order chi connectivity index (χ0) is 19.0. The molecular weight excluding hydrogens is 340 g/mol. The summed E-state index contributed by atoms with van der Waals surface area (Å²) in [6.07, 6.45) is 7.12. The van der Waals surface area contributed by atoms with E-state index < -0.39 is 0 Å². The topological polar surface area (TPSA) is 49.9 Å². The van der Waals surface area contributed by atoms with Crippen molar-refractivity contribution >= 4 is 11.8 Å². The number of ether oxygens (including phenoxy) is 1. The lowest BCUT2D eigenvalue weighted by Gasteiger charge is -2.37. The van der Waals surface area contributed by atoms with E-state index in [9.17, 15) is 9.59 Å². The van der Waals surface area contributed by atoms with Gasteiger partial charge >= 0.3 is 0 Å². The number of methoxy groups -OCH3 is 1. The number of hydrogen-bond donors (Lipinski definition) is 0. The number of carbonyl (C=O) groups excluding carboxylic acids is 2. The lowest BCUT2D eigenvalue weighted by atomic mass is 9.91. The van der Waals surface area contributed by atoms with Crippen molar-refractivity contribution < 1.29 is 14.3 Å². The second kappa shape index (κ2) is 7.53. The molecule has 5 heteroatoms. The van der Waals surface area contributed by atoms with Crippen LogP contribution in [-0.4, -0.2) is 47.9 Å². The van der Waals surface area contributed by atoms with E-state index in [0.717, 1.165) is 31.6 Å². The Bertz CT molecular complexity index is 726. The van der Waals surface area contributed by atoms with Gasteiger partial charge in [0.05, 0.1) is 19.1 Å². The Morgan fingerprint density at radius 3 is 2.70 bits per heavy atom. The first kappa shape index (κ1) is 18.3. The molecule has 2 unspecified atom stereocenters. The fourth-order valence-corrected chi connectivity index (χ4v) is 5.10. The van der Waals surface area contributed by atoms with Crippen molar-refractivity contribution in [2.24, 2.45) is 5.92 Å². The molecule has 1 aliphatic carbocycles. The summed E-state index contributed by atoms with van der Waals surface area (Å²) in [6, 6.07) is 6.52. The molecule has 0 radical (unpaired) electrons. The van der Waals surface area contributed by atoms with Crippen LogP contribution in [0.5, 0.6) is 5.75 Å². The highest BCUT2D eigenvalue weighted by Crippen LogP contribution is 2.35. The Balaban J connectivity index is 1.47. The normalized spacial score (nSPS) is 26.2. The molecule has 1 saturated carbocycles. The van der Waals surface area contributed by atoms with Crippen LogP contribution in [0, 0.1) is 5.92 Å². The van der Waals surface area contributed by atoms with E-state index in [0.29, 0.717) is 19.0 Å². The van der Waals surface area contributed by atoms with Crippen LogP contribution in [0.1, 0.15) is 62.6 Å². The fraction of sp³-hybridized carbons (Fsp3) is 0.636. The first-order valence-corrected chi connectivity index (χ1v) is 10.3. The van der Waals surface area contributed by atoms with Crippen LogP contribution in [0.25, 0.3) is 0 Å². The third-order valence-electron chi connectivity index (χ3n) is 6.70. The van der Waals surface area contributed by atoms with Crippen molar-refractivity contribution in [3.63, 3.8) is 0 Å². The summed E-state index contributed by atoms with van der Waals surface area (Å²) in [5.74, 6) is 0.957. The largest absolute Gasteiger partial charge is 0.497 e. The van der Waals surface area contributed by atoms with Crippen LogP contribution in [-0.2, 0) is 16.0 Å². The third kappa shape index (κ3) is 3.44.